The minimum atomic E-state index is 0.0765. The second-order valence-electron chi connectivity index (χ2n) is 6.83. The van der Waals surface area contributed by atoms with E-state index in [0.29, 0.717) is 6.04 Å². The van der Waals surface area contributed by atoms with Crippen molar-refractivity contribution in [2.75, 3.05) is 31.6 Å². The molecule has 21 heavy (non-hydrogen) atoms. The Morgan fingerprint density at radius 2 is 2.05 bits per heavy atom. The molecule has 1 aromatic rings. The summed E-state index contributed by atoms with van der Waals surface area (Å²) in [4.78, 5) is 2.71. The molecule has 1 aliphatic rings. The first-order chi connectivity index (χ1) is 10.0. The predicted molar refractivity (Wildman–Crippen MR) is 95.0 cm³/mol. The lowest BCUT2D eigenvalue weighted by Crippen LogP contribution is -2.61. The number of thioether (sulfide) groups is 1. The predicted octanol–water partition coefficient (Wildman–Crippen LogP) is 3.58. The van der Waals surface area contributed by atoms with Crippen LogP contribution < -0.4 is 5.32 Å². The van der Waals surface area contributed by atoms with Crippen LogP contribution in [-0.2, 0) is 5.54 Å². The van der Waals surface area contributed by atoms with Gasteiger partial charge < -0.3 is 5.32 Å². The lowest BCUT2D eigenvalue weighted by molar-refractivity contribution is 0.0799. The van der Waals surface area contributed by atoms with Crippen molar-refractivity contribution in [3.8, 4) is 0 Å². The average Bonchev–Trinajstić information content (AvgIpc) is 2.48. The minimum absolute atomic E-state index is 0.0765. The van der Waals surface area contributed by atoms with E-state index in [1.807, 2.05) is 11.8 Å². The Labute approximate surface area is 134 Å². The highest BCUT2D eigenvalue weighted by molar-refractivity contribution is 7.98. The molecule has 0 amide bonds. The van der Waals surface area contributed by atoms with E-state index in [4.69, 9.17) is 0 Å². The summed E-state index contributed by atoms with van der Waals surface area (Å²) in [6, 6.07) is 11.6. The summed E-state index contributed by atoms with van der Waals surface area (Å²) in [6.45, 7) is 10.4. The zero-order valence-electron chi connectivity index (χ0n) is 13.9. The maximum atomic E-state index is 3.83. The second-order valence-corrected chi connectivity index (χ2v) is 7.81. The standard InChI is InChI=1S/C18H30N2S/c1-15(2)12-17-13-19-18(3,14-20(17)10-11-21-4)16-8-6-5-7-9-16/h5-9,15,17,19H,10-14H2,1-4H3. The summed E-state index contributed by atoms with van der Waals surface area (Å²) in [5.74, 6) is 1.98. The van der Waals surface area contributed by atoms with Crippen LogP contribution in [-0.4, -0.2) is 42.6 Å². The molecule has 1 heterocycles. The van der Waals surface area contributed by atoms with Crippen molar-refractivity contribution in [1.82, 2.24) is 10.2 Å². The van der Waals surface area contributed by atoms with E-state index < -0.39 is 0 Å². The highest BCUT2D eigenvalue weighted by atomic mass is 32.2. The molecule has 2 atom stereocenters. The molecular formula is C18H30N2S. The Kier molecular flexibility index (Phi) is 6.15. The van der Waals surface area contributed by atoms with Gasteiger partial charge in [0.2, 0.25) is 0 Å². The number of piperazine rings is 1. The fraction of sp³-hybridized carbons (Fsp3) is 0.667. The summed E-state index contributed by atoms with van der Waals surface area (Å²) in [5, 5.41) is 3.83. The van der Waals surface area contributed by atoms with Gasteiger partial charge in [-0.15, -0.1) is 0 Å². The van der Waals surface area contributed by atoms with E-state index in [-0.39, 0.29) is 5.54 Å². The van der Waals surface area contributed by atoms with Crippen LogP contribution in [0.2, 0.25) is 0 Å². The quantitative estimate of drug-likeness (QED) is 0.865. The molecule has 3 heteroatoms. The van der Waals surface area contributed by atoms with Crippen LogP contribution in [0.3, 0.4) is 0 Å². The van der Waals surface area contributed by atoms with Crippen molar-refractivity contribution < 1.29 is 0 Å². The van der Waals surface area contributed by atoms with Gasteiger partial charge in [0.1, 0.15) is 0 Å². The van der Waals surface area contributed by atoms with E-state index >= 15 is 0 Å². The Morgan fingerprint density at radius 1 is 1.33 bits per heavy atom. The largest absolute Gasteiger partial charge is 0.305 e. The zero-order valence-corrected chi connectivity index (χ0v) is 14.7. The Hall–Kier alpha value is -0.510. The molecule has 0 saturated carbocycles. The smallest absolute Gasteiger partial charge is 0.0535 e. The van der Waals surface area contributed by atoms with Crippen LogP contribution >= 0.6 is 11.8 Å². The minimum Gasteiger partial charge on any atom is -0.305 e. The summed E-state index contributed by atoms with van der Waals surface area (Å²) in [5.41, 5.74) is 1.48. The molecule has 118 valence electrons. The summed E-state index contributed by atoms with van der Waals surface area (Å²) in [7, 11) is 0. The summed E-state index contributed by atoms with van der Waals surface area (Å²) >= 11 is 1.95. The third-order valence-corrected chi connectivity index (χ3v) is 5.09. The average molecular weight is 307 g/mol. The topological polar surface area (TPSA) is 15.3 Å². The first kappa shape index (κ1) is 16.9. The molecule has 0 radical (unpaired) electrons. The van der Waals surface area contributed by atoms with Gasteiger partial charge in [-0.1, -0.05) is 44.2 Å². The fourth-order valence-electron chi connectivity index (χ4n) is 3.31. The monoisotopic (exact) mass is 306 g/mol. The third-order valence-electron chi connectivity index (χ3n) is 4.50. The van der Waals surface area contributed by atoms with Gasteiger partial charge in [-0.2, -0.15) is 11.8 Å². The molecular weight excluding hydrogens is 276 g/mol. The number of nitrogens with zero attached hydrogens (tertiary/aromatic N) is 1. The lowest BCUT2D eigenvalue weighted by atomic mass is 9.87. The van der Waals surface area contributed by atoms with E-state index in [0.717, 1.165) is 19.0 Å². The van der Waals surface area contributed by atoms with Crippen LogP contribution in [0.1, 0.15) is 32.8 Å². The Bertz CT molecular complexity index is 420. The first-order valence-electron chi connectivity index (χ1n) is 8.08. The molecule has 0 bridgehead atoms. The summed E-state index contributed by atoms with van der Waals surface area (Å²) in [6.07, 6.45) is 3.49. The van der Waals surface area contributed by atoms with Gasteiger partial charge in [0.15, 0.2) is 0 Å². The second kappa shape index (κ2) is 7.66. The van der Waals surface area contributed by atoms with Crippen molar-refractivity contribution >= 4 is 11.8 Å². The zero-order chi connectivity index (χ0) is 15.3. The fourth-order valence-corrected chi connectivity index (χ4v) is 3.73. The lowest BCUT2D eigenvalue weighted by Gasteiger charge is -2.47. The van der Waals surface area contributed by atoms with Crippen LogP contribution in [0, 0.1) is 5.92 Å². The molecule has 1 aliphatic heterocycles. The van der Waals surface area contributed by atoms with Crippen molar-refractivity contribution in [3.63, 3.8) is 0 Å². The van der Waals surface area contributed by atoms with Crippen LogP contribution in [0.15, 0.2) is 30.3 Å². The van der Waals surface area contributed by atoms with Gasteiger partial charge in [0.25, 0.3) is 0 Å². The Balaban J connectivity index is 2.11. The van der Waals surface area contributed by atoms with E-state index in [1.165, 1.54) is 24.3 Å². The molecule has 1 aromatic carbocycles. The Morgan fingerprint density at radius 3 is 2.67 bits per heavy atom. The SMILES string of the molecule is CSCCN1CC(C)(c2ccccc2)NCC1CC(C)C. The van der Waals surface area contributed by atoms with E-state index in [9.17, 15) is 0 Å². The normalized spacial score (nSPS) is 27.2. The number of nitrogens with one attached hydrogen (secondary N) is 1. The molecule has 0 aromatic heterocycles. The molecule has 2 rings (SSSR count). The highest BCUT2D eigenvalue weighted by Crippen LogP contribution is 2.28. The van der Waals surface area contributed by atoms with Gasteiger partial charge >= 0.3 is 0 Å². The van der Waals surface area contributed by atoms with Gasteiger partial charge in [-0.05, 0) is 31.1 Å². The molecule has 1 N–H and O–H groups in total. The van der Waals surface area contributed by atoms with E-state index in [1.54, 1.807) is 0 Å². The van der Waals surface area contributed by atoms with Crippen LogP contribution in [0.5, 0.6) is 0 Å². The van der Waals surface area contributed by atoms with Gasteiger partial charge in [0, 0.05) is 31.4 Å². The van der Waals surface area contributed by atoms with Crippen molar-refractivity contribution in [2.45, 2.75) is 38.8 Å². The number of hydrogen-bond acceptors (Lipinski definition) is 3. The number of benzene rings is 1. The van der Waals surface area contributed by atoms with Crippen LogP contribution in [0.4, 0.5) is 0 Å². The third kappa shape index (κ3) is 4.48. The molecule has 1 fully saturated rings. The van der Waals surface area contributed by atoms with Gasteiger partial charge in [-0.25, -0.2) is 0 Å². The number of rotatable bonds is 6. The van der Waals surface area contributed by atoms with Crippen molar-refractivity contribution in [2.24, 2.45) is 5.92 Å². The van der Waals surface area contributed by atoms with Gasteiger partial charge in [-0.3, -0.25) is 4.90 Å². The van der Waals surface area contributed by atoms with Gasteiger partial charge in [0.05, 0.1) is 5.54 Å². The molecule has 2 unspecified atom stereocenters. The molecule has 1 saturated heterocycles. The molecule has 0 spiro atoms. The molecule has 2 nitrogen and oxygen atoms in total. The first-order valence-corrected chi connectivity index (χ1v) is 9.48. The van der Waals surface area contributed by atoms with Crippen LogP contribution in [0.25, 0.3) is 0 Å². The highest BCUT2D eigenvalue weighted by Gasteiger charge is 2.36. The maximum absolute atomic E-state index is 3.83. The van der Waals surface area contributed by atoms with E-state index in [2.05, 4.69) is 67.6 Å². The molecule has 0 aliphatic carbocycles. The number of hydrogen-bond donors (Lipinski definition) is 1. The van der Waals surface area contributed by atoms with Crippen molar-refractivity contribution in [3.05, 3.63) is 35.9 Å². The van der Waals surface area contributed by atoms with Crippen molar-refractivity contribution in [1.29, 1.82) is 0 Å². The maximum Gasteiger partial charge on any atom is 0.0535 e. The summed E-state index contributed by atoms with van der Waals surface area (Å²) < 4.78 is 0.